The van der Waals surface area contributed by atoms with E-state index in [2.05, 4.69) is 28.7 Å². The number of aryl methyl sites for hydroxylation is 1. The number of aliphatic imine (C=N–C) groups is 1. The van der Waals surface area contributed by atoms with Crippen LogP contribution in [0.4, 0.5) is 0 Å². The molecule has 2 heterocycles. The molecule has 0 amide bonds. The average molecular weight is 268 g/mol. The van der Waals surface area contributed by atoms with Crippen LogP contribution in [0, 0.1) is 6.92 Å². The smallest absolute Gasteiger partial charge is 0.191 e. The van der Waals surface area contributed by atoms with E-state index < -0.39 is 0 Å². The molecule has 1 aliphatic rings. The summed E-state index contributed by atoms with van der Waals surface area (Å²) in [7, 11) is 0. The average Bonchev–Trinajstić information content (AvgIpc) is 2.83. The molecule has 1 atom stereocenters. The maximum Gasteiger partial charge on any atom is 0.191 e. The fourth-order valence-electron chi connectivity index (χ4n) is 1.80. The van der Waals surface area contributed by atoms with Crippen molar-refractivity contribution in [1.29, 1.82) is 0 Å². The monoisotopic (exact) mass is 268 g/mol. The molecule has 1 aromatic rings. The van der Waals surface area contributed by atoms with Crippen molar-refractivity contribution in [2.75, 3.05) is 32.8 Å². The first-order valence-electron chi connectivity index (χ1n) is 6.21. The molecule has 18 heavy (non-hydrogen) atoms. The van der Waals surface area contributed by atoms with E-state index in [0.717, 1.165) is 31.3 Å². The Kier molecular flexibility index (Phi) is 4.54. The first kappa shape index (κ1) is 13.3. The second kappa shape index (κ2) is 6.15. The van der Waals surface area contributed by atoms with Crippen molar-refractivity contribution >= 4 is 17.3 Å². The zero-order valence-corrected chi connectivity index (χ0v) is 11.7. The molecule has 6 heteroatoms. The number of morpholine rings is 1. The zero-order valence-electron chi connectivity index (χ0n) is 10.9. The van der Waals surface area contributed by atoms with Crippen LogP contribution in [-0.2, 0) is 4.74 Å². The second-order valence-electron chi connectivity index (χ2n) is 4.51. The highest BCUT2D eigenvalue weighted by Crippen LogP contribution is 2.21. The summed E-state index contributed by atoms with van der Waals surface area (Å²) in [6.45, 7) is 8.03. The summed E-state index contributed by atoms with van der Waals surface area (Å²) in [6, 6.07) is 0. The molecule has 1 aliphatic heterocycles. The van der Waals surface area contributed by atoms with Crippen LogP contribution in [0.3, 0.4) is 0 Å². The number of nitrogens with two attached hydrogens (primary N) is 1. The molecular formula is C12H20N4OS. The predicted molar refractivity (Wildman–Crippen MR) is 74.1 cm³/mol. The van der Waals surface area contributed by atoms with Gasteiger partial charge < -0.3 is 15.4 Å². The SMILES string of the molecule is Cc1cnc(C(C)CN=C(N)N2CCOCC2)s1. The molecule has 1 aromatic heterocycles. The second-order valence-corrected chi connectivity index (χ2v) is 5.77. The van der Waals surface area contributed by atoms with Crippen molar-refractivity contribution in [3.63, 3.8) is 0 Å². The van der Waals surface area contributed by atoms with Crippen LogP contribution < -0.4 is 5.73 Å². The van der Waals surface area contributed by atoms with Crippen LogP contribution in [0.15, 0.2) is 11.2 Å². The van der Waals surface area contributed by atoms with E-state index >= 15 is 0 Å². The maximum absolute atomic E-state index is 5.98. The third kappa shape index (κ3) is 3.43. The Labute approximate surface area is 112 Å². The van der Waals surface area contributed by atoms with Gasteiger partial charge in [-0.25, -0.2) is 4.98 Å². The van der Waals surface area contributed by atoms with Crippen molar-refractivity contribution < 1.29 is 4.74 Å². The van der Waals surface area contributed by atoms with Gasteiger partial charge in [0.05, 0.1) is 24.8 Å². The van der Waals surface area contributed by atoms with Crippen molar-refractivity contribution in [3.05, 3.63) is 16.1 Å². The molecule has 5 nitrogen and oxygen atoms in total. The van der Waals surface area contributed by atoms with Crippen LogP contribution in [0.25, 0.3) is 0 Å². The van der Waals surface area contributed by atoms with Gasteiger partial charge in [-0.05, 0) is 6.92 Å². The molecule has 0 spiro atoms. The van der Waals surface area contributed by atoms with E-state index in [0.29, 0.717) is 18.4 Å². The Balaban J connectivity index is 1.88. The van der Waals surface area contributed by atoms with Crippen molar-refractivity contribution in [3.8, 4) is 0 Å². The summed E-state index contributed by atoms with van der Waals surface area (Å²) in [6.07, 6.45) is 1.91. The minimum absolute atomic E-state index is 0.322. The minimum atomic E-state index is 0.322. The lowest BCUT2D eigenvalue weighted by atomic mass is 10.2. The Morgan fingerprint density at radius 2 is 2.33 bits per heavy atom. The Bertz CT molecular complexity index is 412. The van der Waals surface area contributed by atoms with Crippen LogP contribution >= 0.6 is 11.3 Å². The molecule has 0 saturated carbocycles. The summed E-state index contributed by atoms with van der Waals surface area (Å²) >= 11 is 1.73. The van der Waals surface area contributed by atoms with E-state index in [9.17, 15) is 0 Å². The van der Waals surface area contributed by atoms with Gasteiger partial charge in [0.25, 0.3) is 0 Å². The lowest BCUT2D eigenvalue weighted by molar-refractivity contribution is 0.0674. The van der Waals surface area contributed by atoms with Crippen LogP contribution in [-0.4, -0.2) is 48.7 Å². The molecular weight excluding hydrogens is 248 g/mol. The molecule has 0 aromatic carbocycles. The summed E-state index contributed by atoms with van der Waals surface area (Å²) < 4.78 is 5.29. The molecule has 2 rings (SSSR count). The van der Waals surface area contributed by atoms with Crippen LogP contribution in [0.5, 0.6) is 0 Å². The fourth-order valence-corrected chi connectivity index (χ4v) is 2.62. The molecule has 1 saturated heterocycles. The summed E-state index contributed by atoms with van der Waals surface area (Å²) in [5.74, 6) is 0.946. The van der Waals surface area contributed by atoms with Gasteiger partial charge in [0.1, 0.15) is 0 Å². The third-order valence-electron chi connectivity index (χ3n) is 2.92. The Hall–Kier alpha value is -1.14. The maximum atomic E-state index is 5.98. The van der Waals surface area contributed by atoms with Crippen molar-refractivity contribution in [1.82, 2.24) is 9.88 Å². The first-order valence-corrected chi connectivity index (χ1v) is 7.03. The highest BCUT2D eigenvalue weighted by Gasteiger charge is 2.13. The highest BCUT2D eigenvalue weighted by atomic mass is 32.1. The standard InChI is InChI=1S/C12H20N4OS/c1-9(11-14-8-10(2)18-11)7-15-12(13)16-3-5-17-6-4-16/h8-9H,3-7H2,1-2H3,(H2,13,15). The Morgan fingerprint density at radius 1 is 1.61 bits per heavy atom. The van der Waals surface area contributed by atoms with Gasteiger partial charge >= 0.3 is 0 Å². The molecule has 1 fully saturated rings. The quantitative estimate of drug-likeness (QED) is 0.661. The van der Waals surface area contributed by atoms with Gasteiger partial charge in [0.2, 0.25) is 0 Å². The first-order chi connectivity index (χ1) is 8.66. The summed E-state index contributed by atoms with van der Waals surface area (Å²) in [4.78, 5) is 12.2. The number of nitrogens with zero attached hydrogens (tertiary/aromatic N) is 3. The van der Waals surface area contributed by atoms with E-state index in [4.69, 9.17) is 10.5 Å². The predicted octanol–water partition coefficient (Wildman–Crippen LogP) is 1.20. The van der Waals surface area contributed by atoms with Gasteiger partial charge in [-0.1, -0.05) is 6.92 Å². The molecule has 0 radical (unpaired) electrons. The number of rotatable bonds is 3. The Morgan fingerprint density at radius 3 is 2.94 bits per heavy atom. The van der Waals surface area contributed by atoms with Crippen molar-refractivity contribution in [2.45, 2.75) is 19.8 Å². The zero-order chi connectivity index (χ0) is 13.0. The number of hydrogen-bond acceptors (Lipinski definition) is 4. The molecule has 2 N–H and O–H groups in total. The molecule has 0 aliphatic carbocycles. The normalized spacial score (nSPS) is 19.0. The number of thiazole rings is 1. The summed E-state index contributed by atoms with van der Waals surface area (Å²) in [5, 5.41) is 1.13. The molecule has 100 valence electrons. The largest absolute Gasteiger partial charge is 0.378 e. The number of ether oxygens (including phenoxy) is 1. The fraction of sp³-hybridized carbons (Fsp3) is 0.667. The number of guanidine groups is 1. The van der Waals surface area contributed by atoms with E-state index in [1.54, 1.807) is 11.3 Å². The van der Waals surface area contributed by atoms with Gasteiger partial charge in [-0.15, -0.1) is 11.3 Å². The lowest BCUT2D eigenvalue weighted by Gasteiger charge is -2.27. The lowest BCUT2D eigenvalue weighted by Crippen LogP contribution is -2.45. The topological polar surface area (TPSA) is 63.7 Å². The van der Waals surface area contributed by atoms with Crippen LogP contribution in [0.1, 0.15) is 22.7 Å². The van der Waals surface area contributed by atoms with Gasteiger partial charge in [0.15, 0.2) is 5.96 Å². The number of hydrogen-bond donors (Lipinski definition) is 1. The van der Waals surface area contributed by atoms with Gasteiger partial charge in [-0.2, -0.15) is 0 Å². The highest BCUT2D eigenvalue weighted by molar-refractivity contribution is 7.11. The molecule has 1 unspecified atom stereocenters. The number of aromatic nitrogens is 1. The third-order valence-corrected chi connectivity index (χ3v) is 4.07. The van der Waals surface area contributed by atoms with E-state index in [1.165, 1.54) is 4.88 Å². The molecule has 0 bridgehead atoms. The van der Waals surface area contributed by atoms with Crippen LogP contribution in [0.2, 0.25) is 0 Å². The minimum Gasteiger partial charge on any atom is -0.378 e. The van der Waals surface area contributed by atoms with Crippen molar-refractivity contribution in [2.24, 2.45) is 10.7 Å². The van der Waals surface area contributed by atoms with Gasteiger partial charge in [-0.3, -0.25) is 4.99 Å². The van der Waals surface area contributed by atoms with E-state index in [-0.39, 0.29) is 0 Å². The van der Waals surface area contributed by atoms with E-state index in [1.807, 2.05) is 6.20 Å². The van der Waals surface area contributed by atoms with Gasteiger partial charge in [0, 0.05) is 30.1 Å². The summed E-state index contributed by atoms with van der Waals surface area (Å²) in [5.41, 5.74) is 5.98.